The predicted octanol–water partition coefficient (Wildman–Crippen LogP) is 4.21. The molecule has 2 nitrogen and oxygen atoms in total. The third-order valence-electron chi connectivity index (χ3n) is 2.78. The minimum Gasteiger partial charge on any atom is -0.391 e. The zero-order chi connectivity index (χ0) is 13.0. The minimum atomic E-state index is -0.573. The van der Waals surface area contributed by atoms with Gasteiger partial charge in [0, 0.05) is 10.0 Å². The lowest BCUT2D eigenvalue weighted by molar-refractivity contribution is 0.128. The van der Waals surface area contributed by atoms with Gasteiger partial charge in [-0.25, -0.2) is 0 Å². The minimum absolute atomic E-state index is 0. The largest absolute Gasteiger partial charge is 0.391 e. The first-order chi connectivity index (χ1) is 7.91. The molecule has 0 aliphatic carbocycles. The van der Waals surface area contributed by atoms with E-state index in [1.165, 1.54) is 0 Å². The molecule has 18 heavy (non-hydrogen) atoms. The molecule has 2 atom stereocenters. The Morgan fingerprint density at radius 3 is 2.33 bits per heavy atom. The van der Waals surface area contributed by atoms with E-state index >= 15 is 0 Å². The molecule has 0 aromatic heterocycles. The van der Waals surface area contributed by atoms with Crippen molar-refractivity contribution in [1.82, 2.24) is 0 Å². The van der Waals surface area contributed by atoms with Gasteiger partial charge in [0.05, 0.1) is 12.1 Å². The van der Waals surface area contributed by atoms with Crippen LogP contribution in [0.4, 0.5) is 0 Å². The molecule has 0 saturated heterocycles. The molecule has 0 saturated carbocycles. The van der Waals surface area contributed by atoms with Gasteiger partial charge in [0.2, 0.25) is 0 Å². The van der Waals surface area contributed by atoms with Crippen LogP contribution in [0.2, 0.25) is 10.0 Å². The maximum absolute atomic E-state index is 10.00. The van der Waals surface area contributed by atoms with Crippen LogP contribution in [-0.2, 0) is 0 Å². The van der Waals surface area contributed by atoms with Gasteiger partial charge in [-0.05, 0) is 36.5 Å². The summed E-state index contributed by atoms with van der Waals surface area (Å²) in [5, 5.41) is 11.1. The summed E-state index contributed by atoms with van der Waals surface area (Å²) in [6, 6.07) is 4.69. The maximum Gasteiger partial charge on any atom is 0.0733 e. The van der Waals surface area contributed by atoms with Crippen LogP contribution in [0.1, 0.15) is 38.3 Å². The Kier molecular flexibility index (Phi) is 8.24. The molecule has 1 aromatic carbocycles. The first-order valence-corrected chi connectivity index (χ1v) is 6.56. The maximum atomic E-state index is 10.00. The second kappa shape index (κ2) is 8.23. The van der Waals surface area contributed by atoms with Crippen LogP contribution in [-0.4, -0.2) is 11.2 Å². The van der Waals surface area contributed by atoms with Gasteiger partial charge >= 0.3 is 0 Å². The number of nitrogens with two attached hydrogens (primary N) is 1. The van der Waals surface area contributed by atoms with Gasteiger partial charge < -0.3 is 10.8 Å². The smallest absolute Gasteiger partial charge is 0.0733 e. The lowest BCUT2D eigenvalue weighted by atomic mass is 9.96. The average molecular weight is 313 g/mol. The molecule has 0 bridgehead atoms. The van der Waals surface area contributed by atoms with E-state index in [1.54, 1.807) is 18.2 Å². The van der Waals surface area contributed by atoms with Crippen molar-refractivity contribution >= 4 is 35.6 Å². The molecule has 3 N–H and O–H groups in total. The van der Waals surface area contributed by atoms with E-state index < -0.39 is 12.1 Å². The molecule has 0 spiro atoms. The summed E-state index contributed by atoms with van der Waals surface area (Å²) in [4.78, 5) is 0. The van der Waals surface area contributed by atoms with E-state index in [0.717, 1.165) is 12.0 Å². The molecule has 0 amide bonds. The SMILES string of the molecule is CC(C)CC[C@@H](O)[C@@H](N)c1ccc(Cl)cc1Cl.Cl. The lowest BCUT2D eigenvalue weighted by Gasteiger charge is -2.21. The van der Waals surface area contributed by atoms with E-state index in [-0.39, 0.29) is 12.4 Å². The highest BCUT2D eigenvalue weighted by molar-refractivity contribution is 6.35. The number of benzene rings is 1. The molecule has 0 aliphatic rings. The fourth-order valence-corrected chi connectivity index (χ4v) is 2.20. The molecule has 104 valence electrons. The van der Waals surface area contributed by atoms with Gasteiger partial charge in [-0.15, -0.1) is 12.4 Å². The lowest BCUT2D eigenvalue weighted by Crippen LogP contribution is -2.26. The molecule has 1 rings (SSSR count). The van der Waals surface area contributed by atoms with Crippen molar-refractivity contribution in [1.29, 1.82) is 0 Å². The van der Waals surface area contributed by atoms with Crippen molar-refractivity contribution in [2.45, 2.75) is 38.8 Å². The Morgan fingerprint density at radius 1 is 1.22 bits per heavy atom. The highest BCUT2D eigenvalue weighted by Gasteiger charge is 2.19. The molecule has 0 fully saturated rings. The third-order valence-corrected chi connectivity index (χ3v) is 3.34. The van der Waals surface area contributed by atoms with Crippen molar-refractivity contribution in [3.8, 4) is 0 Å². The van der Waals surface area contributed by atoms with Crippen LogP contribution in [0, 0.1) is 5.92 Å². The van der Waals surface area contributed by atoms with Gasteiger partial charge in [-0.1, -0.05) is 43.1 Å². The summed E-state index contributed by atoms with van der Waals surface area (Å²) in [7, 11) is 0. The van der Waals surface area contributed by atoms with Crippen molar-refractivity contribution in [3.63, 3.8) is 0 Å². The van der Waals surface area contributed by atoms with Crippen molar-refractivity contribution in [3.05, 3.63) is 33.8 Å². The van der Waals surface area contributed by atoms with Crippen LogP contribution < -0.4 is 5.73 Å². The zero-order valence-corrected chi connectivity index (χ0v) is 12.9. The Bertz CT molecular complexity index is 371. The van der Waals surface area contributed by atoms with Crippen molar-refractivity contribution in [2.75, 3.05) is 0 Å². The summed E-state index contributed by atoms with van der Waals surface area (Å²) in [6.07, 6.45) is 1.05. The van der Waals surface area contributed by atoms with E-state index in [2.05, 4.69) is 13.8 Å². The zero-order valence-electron chi connectivity index (χ0n) is 10.6. The molecule has 1 aromatic rings. The molecule has 0 unspecified atom stereocenters. The summed E-state index contributed by atoms with van der Waals surface area (Å²) < 4.78 is 0. The summed E-state index contributed by atoms with van der Waals surface area (Å²) in [6.45, 7) is 4.24. The monoisotopic (exact) mass is 311 g/mol. The molecule has 0 aliphatic heterocycles. The van der Waals surface area contributed by atoms with E-state index in [0.29, 0.717) is 22.4 Å². The highest BCUT2D eigenvalue weighted by atomic mass is 35.5. The van der Waals surface area contributed by atoms with Crippen LogP contribution in [0.25, 0.3) is 0 Å². The number of hydrogen-bond donors (Lipinski definition) is 2. The number of aliphatic hydroxyl groups is 1. The molecule has 0 radical (unpaired) electrons. The number of rotatable bonds is 5. The second-order valence-electron chi connectivity index (χ2n) is 4.73. The fourth-order valence-electron chi connectivity index (χ4n) is 1.66. The quantitative estimate of drug-likeness (QED) is 0.855. The Balaban J connectivity index is 0.00000289. The topological polar surface area (TPSA) is 46.2 Å². The van der Waals surface area contributed by atoms with Gasteiger partial charge in [0.1, 0.15) is 0 Å². The van der Waals surface area contributed by atoms with Crippen LogP contribution in [0.5, 0.6) is 0 Å². The molecular formula is C13H20Cl3NO. The van der Waals surface area contributed by atoms with Gasteiger partial charge in [-0.3, -0.25) is 0 Å². The normalized spacial score (nSPS) is 14.2. The highest BCUT2D eigenvalue weighted by Crippen LogP contribution is 2.28. The molecule has 5 heteroatoms. The summed E-state index contributed by atoms with van der Waals surface area (Å²) in [5.74, 6) is 0.553. The average Bonchev–Trinajstić information content (AvgIpc) is 2.25. The second-order valence-corrected chi connectivity index (χ2v) is 5.57. The van der Waals surface area contributed by atoms with E-state index in [9.17, 15) is 5.11 Å². The predicted molar refractivity (Wildman–Crippen MR) is 80.7 cm³/mol. The van der Waals surface area contributed by atoms with E-state index in [4.69, 9.17) is 28.9 Å². The molecule has 0 heterocycles. The number of aliphatic hydroxyl groups excluding tert-OH is 1. The molecular weight excluding hydrogens is 293 g/mol. The van der Waals surface area contributed by atoms with Crippen LogP contribution >= 0.6 is 35.6 Å². The first kappa shape index (κ1) is 18.0. The Morgan fingerprint density at radius 2 is 1.83 bits per heavy atom. The van der Waals surface area contributed by atoms with Gasteiger partial charge in [-0.2, -0.15) is 0 Å². The summed E-state index contributed by atoms with van der Waals surface area (Å²) >= 11 is 11.9. The van der Waals surface area contributed by atoms with Crippen LogP contribution in [0.3, 0.4) is 0 Å². The van der Waals surface area contributed by atoms with Gasteiger partial charge in [0.15, 0.2) is 0 Å². The Labute approximate surface area is 125 Å². The van der Waals surface area contributed by atoms with Crippen molar-refractivity contribution < 1.29 is 5.11 Å². The third kappa shape index (κ3) is 5.33. The number of hydrogen-bond acceptors (Lipinski definition) is 2. The first-order valence-electron chi connectivity index (χ1n) is 5.80. The fraction of sp³-hybridized carbons (Fsp3) is 0.538. The number of halogens is 3. The Hall–Kier alpha value is 0.01000. The summed E-state index contributed by atoms with van der Waals surface area (Å²) in [5.41, 5.74) is 6.74. The van der Waals surface area contributed by atoms with E-state index in [1.807, 2.05) is 0 Å². The van der Waals surface area contributed by atoms with Gasteiger partial charge in [0.25, 0.3) is 0 Å². The standard InChI is InChI=1S/C13H19Cl2NO.ClH/c1-8(2)3-6-12(17)13(16)10-5-4-9(14)7-11(10)15;/h4-5,7-8,12-13,17H,3,6,16H2,1-2H3;1H/t12-,13+;/m1./s1. The van der Waals surface area contributed by atoms with Crippen molar-refractivity contribution in [2.24, 2.45) is 11.7 Å². The van der Waals surface area contributed by atoms with Crippen LogP contribution in [0.15, 0.2) is 18.2 Å².